The molecule has 1 rings (SSSR count). The molecule has 0 spiro atoms. The molecule has 6 heteroatoms. The highest BCUT2D eigenvalue weighted by Gasteiger charge is 2.23. The van der Waals surface area contributed by atoms with Crippen molar-refractivity contribution in [2.75, 3.05) is 19.1 Å². The van der Waals surface area contributed by atoms with Gasteiger partial charge in [0.1, 0.15) is 0 Å². The van der Waals surface area contributed by atoms with Crippen LogP contribution in [-0.2, 0) is 21.7 Å². The smallest absolute Gasteiger partial charge is 0.212 e. The van der Waals surface area contributed by atoms with Crippen molar-refractivity contribution in [1.82, 2.24) is 4.31 Å². The normalized spacial score (nSPS) is 13.7. The van der Waals surface area contributed by atoms with Crippen LogP contribution in [0.25, 0.3) is 0 Å². The molecule has 3 nitrogen and oxygen atoms in total. The van der Waals surface area contributed by atoms with E-state index in [0.717, 1.165) is 23.3 Å². The van der Waals surface area contributed by atoms with Gasteiger partial charge in [-0.2, -0.15) is 11.8 Å². The summed E-state index contributed by atoms with van der Waals surface area (Å²) in [6.45, 7) is 1.95. The lowest BCUT2D eigenvalue weighted by Crippen LogP contribution is -2.36. The van der Waals surface area contributed by atoms with Crippen molar-refractivity contribution in [3.8, 4) is 0 Å². The molecule has 1 atom stereocenters. The van der Waals surface area contributed by atoms with Crippen LogP contribution in [0.1, 0.15) is 24.5 Å². The summed E-state index contributed by atoms with van der Waals surface area (Å²) in [5.41, 5.74) is 1.79. The largest absolute Gasteiger partial charge is 0.218 e. The van der Waals surface area contributed by atoms with Gasteiger partial charge >= 0.3 is 0 Å². The third kappa shape index (κ3) is 5.28. The first-order valence-electron chi connectivity index (χ1n) is 6.49. The SMILES string of the molecule is CSCCC(C)N(C)S(=O)(=O)Cc1ccc(CCl)cc1. The Hall–Kier alpha value is -0.230. The number of nitrogens with zero attached hydrogens (tertiary/aromatic N) is 1. The van der Waals surface area contributed by atoms with Gasteiger partial charge < -0.3 is 0 Å². The number of hydrogen-bond acceptors (Lipinski definition) is 3. The Balaban J connectivity index is 2.72. The van der Waals surface area contributed by atoms with Crippen LogP contribution in [0.4, 0.5) is 0 Å². The summed E-state index contributed by atoms with van der Waals surface area (Å²) in [4.78, 5) is 0. The Morgan fingerprint density at radius 3 is 2.30 bits per heavy atom. The zero-order valence-corrected chi connectivity index (χ0v) is 14.6. The minimum Gasteiger partial charge on any atom is -0.212 e. The number of alkyl halides is 1. The second-order valence-corrected chi connectivity index (χ2v) is 8.13. The fourth-order valence-corrected chi connectivity index (χ4v) is 4.01. The zero-order valence-electron chi connectivity index (χ0n) is 12.2. The van der Waals surface area contributed by atoms with E-state index in [4.69, 9.17) is 11.6 Å². The number of hydrogen-bond donors (Lipinski definition) is 0. The molecule has 0 saturated carbocycles. The number of sulfonamides is 1. The first-order valence-corrected chi connectivity index (χ1v) is 10.0. The predicted octanol–water partition coefficient (Wildman–Crippen LogP) is 3.33. The molecule has 0 fully saturated rings. The second kappa shape index (κ2) is 8.27. The molecule has 0 amide bonds. The number of benzene rings is 1. The maximum absolute atomic E-state index is 12.4. The van der Waals surface area contributed by atoms with E-state index < -0.39 is 10.0 Å². The highest BCUT2D eigenvalue weighted by Crippen LogP contribution is 2.16. The van der Waals surface area contributed by atoms with Gasteiger partial charge in [-0.25, -0.2) is 12.7 Å². The summed E-state index contributed by atoms with van der Waals surface area (Å²) in [6, 6.07) is 7.42. The highest BCUT2D eigenvalue weighted by molar-refractivity contribution is 7.98. The summed E-state index contributed by atoms with van der Waals surface area (Å²) in [5.74, 6) is 1.44. The van der Waals surface area contributed by atoms with E-state index in [1.54, 1.807) is 18.8 Å². The summed E-state index contributed by atoms with van der Waals surface area (Å²) in [7, 11) is -1.61. The lowest BCUT2D eigenvalue weighted by molar-refractivity contribution is 0.382. The lowest BCUT2D eigenvalue weighted by Gasteiger charge is -2.24. The molecule has 1 unspecified atom stereocenters. The van der Waals surface area contributed by atoms with Crippen molar-refractivity contribution < 1.29 is 8.42 Å². The molecular weight excluding hydrogens is 314 g/mol. The van der Waals surface area contributed by atoms with Crippen LogP contribution in [0.3, 0.4) is 0 Å². The summed E-state index contributed by atoms with van der Waals surface area (Å²) >= 11 is 7.46. The number of thioether (sulfide) groups is 1. The standard InChI is InChI=1S/C14H22ClNO2S2/c1-12(8-9-19-3)16(2)20(17,18)11-14-6-4-13(10-15)5-7-14/h4-7,12H,8-11H2,1-3H3. The first kappa shape index (κ1) is 17.8. The van der Waals surface area contributed by atoms with Crippen LogP contribution in [0.5, 0.6) is 0 Å². The lowest BCUT2D eigenvalue weighted by atomic mass is 10.2. The predicted molar refractivity (Wildman–Crippen MR) is 88.8 cm³/mol. The van der Waals surface area contributed by atoms with Crippen LogP contribution in [0, 0.1) is 0 Å². The maximum atomic E-state index is 12.4. The second-order valence-electron chi connectivity index (χ2n) is 4.85. The van der Waals surface area contributed by atoms with Crippen molar-refractivity contribution in [2.45, 2.75) is 31.0 Å². The van der Waals surface area contributed by atoms with Gasteiger partial charge in [0.25, 0.3) is 0 Å². The molecule has 1 aromatic rings. The average Bonchev–Trinajstić information content (AvgIpc) is 2.44. The zero-order chi connectivity index (χ0) is 15.2. The molecular formula is C14H22ClNO2S2. The monoisotopic (exact) mass is 335 g/mol. The Kier molecular flexibility index (Phi) is 7.37. The van der Waals surface area contributed by atoms with E-state index in [-0.39, 0.29) is 11.8 Å². The molecule has 0 aromatic heterocycles. The highest BCUT2D eigenvalue weighted by atomic mass is 35.5. The first-order chi connectivity index (χ1) is 9.40. The third-order valence-corrected chi connectivity index (χ3v) is 6.21. The third-order valence-electron chi connectivity index (χ3n) is 3.33. The maximum Gasteiger partial charge on any atom is 0.218 e. The molecule has 0 aliphatic heterocycles. The van der Waals surface area contributed by atoms with Crippen LogP contribution < -0.4 is 0 Å². The van der Waals surface area contributed by atoms with Gasteiger partial charge in [-0.1, -0.05) is 24.3 Å². The molecule has 0 heterocycles. The minimum atomic E-state index is -3.27. The summed E-state index contributed by atoms with van der Waals surface area (Å²) in [6.07, 6.45) is 2.89. The molecule has 0 aliphatic rings. The van der Waals surface area contributed by atoms with E-state index >= 15 is 0 Å². The number of rotatable bonds is 8. The quantitative estimate of drug-likeness (QED) is 0.684. The molecule has 0 radical (unpaired) electrons. The van der Waals surface area contributed by atoms with Crippen molar-refractivity contribution in [2.24, 2.45) is 0 Å². The molecule has 0 saturated heterocycles. The van der Waals surface area contributed by atoms with E-state index in [2.05, 4.69) is 0 Å². The summed E-state index contributed by atoms with van der Waals surface area (Å²) in [5, 5.41) is 0. The number of halogens is 1. The van der Waals surface area contributed by atoms with Gasteiger partial charge in [0.2, 0.25) is 10.0 Å². The van der Waals surface area contributed by atoms with Gasteiger partial charge in [0.15, 0.2) is 0 Å². The van der Waals surface area contributed by atoms with Gasteiger partial charge in [0, 0.05) is 19.0 Å². The van der Waals surface area contributed by atoms with Crippen molar-refractivity contribution in [1.29, 1.82) is 0 Å². The van der Waals surface area contributed by atoms with Crippen LogP contribution >= 0.6 is 23.4 Å². The average molecular weight is 336 g/mol. The van der Waals surface area contributed by atoms with Crippen LogP contribution in [-0.4, -0.2) is 37.8 Å². The van der Waals surface area contributed by atoms with Crippen molar-refractivity contribution >= 4 is 33.4 Å². The van der Waals surface area contributed by atoms with Crippen molar-refractivity contribution in [3.05, 3.63) is 35.4 Å². The van der Waals surface area contributed by atoms with E-state index in [1.807, 2.05) is 37.4 Å². The Bertz CT molecular complexity index is 502. The molecule has 1 aromatic carbocycles. The molecule has 114 valence electrons. The molecule has 0 aliphatic carbocycles. The Morgan fingerprint density at radius 2 is 1.80 bits per heavy atom. The van der Waals surface area contributed by atoms with Crippen LogP contribution in [0.2, 0.25) is 0 Å². The van der Waals surface area contributed by atoms with Crippen LogP contribution in [0.15, 0.2) is 24.3 Å². The topological polar surface area (TPSA) is 37.4 Å². The van der Waals surface area contributed by atoms with Gasteiger partial charge in [-0.15, -0.1) is 11.6 Å². The summed E-state index contributed by atoms with van der Waals surface area (Å²) < 4.78 is 26.2. The minimum absolute atomic E-state index is 0.0227. The molecule has 0 N–H and O–H groups in total. The Morgan fingerprint density at radius 1 is 1.25 bits per heavy atom. The fraction of sp³-hybridized carbons (Fsp3) is 0.571. The van der Waals surface area contributed by atoms with Crippen molar-refractivity contribution in [3.63, 3.8) is 0 Å². The fourth-order valence-electron chi connectivity index (χ4n) is 1.78. The Labute approximate surface area is 131 Å². The van der Waals surface area contributed by atoms with E-state index in [1.165, 1.54) is 4.31 Å². The van der Waals surface area contributed by atoms with Gasteiger partial charge in [-0.05, 0) is 36.5 Å². The molecule has 0 bridgehead atoms. The van der Waals surface area contributed by atoms with Gasteiger partial charge in [-0.3, -0.25) is 0 Å². The van der Waals surface area contributed by atoms with E-state index in [9.17, 15) is 8.42 Å². The van der Waals surface area contributed by atoms with E-state index in [0.29, 0.717) is 5.88 Å². The molecule has 20 heavy (non-hydrogen) atoms. The van der Waals surface area contributed by atoms with Gasteiger partial charge in [0.05, 0.1) is 5.75 Å².